The molecule has 0 aromatic heterocycles. The Morgan fingerprint density at radius 1 is 1.29 bits per heavy atom. The Hall–Kier alpha value is -2.19. The van der Waals surface area contributed by atoms with Crippen LogP contribution in [0.1, 0.15) is 32.3 Å². The molecule has 1 aliphatic heterocycles. The average Bonchev–Trinajstić information content (AvgIpc) is 2.58. The molecule has 1 aromatic rings. The fourth-order valence-corrected chi connectivity index (χ4v) is 2.03. The van der Waals surface area contributed by atoms with E-state index in [-0.39, 0.29) is 11.7 Å². The third-order valence-corrected chi connectivity index (χ3v) is 3.33. The van der Waals surface area contributed by atoms with E-state index in [0.29, 0.717) is 31.6 Å². The molecule has 2 rings (SSSR count). The summed E-state index contributed by atoms with van der Waals surface area (Å²) in [6.45, 7) is 5.00. The average molecular weight is 286 g/mol. The first kappa shape index (κ1) is 16.9. The third-order valence-electron chi connectivity index (χ3n) is 3.33. The van der Waals surface area contributed by atoms with Crippen molar-refractivity contribution in [2.45, 2.75) is 26.7 Å². The first-order chi connectivity index (χ1) is 10.2. The van der Waals surface area contributed by atoms with Crippen LogP contribution < -0.4 is 5.73 Å². The summed E-state index contributed by atoms with van der Waals surface area (Å²) in [4.78, 5) is 4.11. The maximum absolute atomic E-state index is 9.36. The molecule has 0 amide bonds. The molecule has 1 heterocycles. The van der Waals surface area contributed by atoms with Gasteiger partial charge in [0, 0.05) is 18.8 Å². The summed E-state index contributed by atoms with van der Waals surface area (Å²) >= 11 is 0. The zero-order chi connectivity index (χ0) is 15.7. The summed E-state index contributed by atoms with van der Waals surface area (Å²) < 4.78 is 5.25. The van der Waals surface area contributed by atoms with Gasteiger partial charge in [0.1, 0.15) is 11.3 Å². The first-order valence-corrected chi connectivity index (χ1v) is 7.15. The molecule has 112 valence electrons. The highest BCUT2D eigenvalue weighted by Gasteiger charge is 2.37. The molecule has 0 radical (unpaired) electrons. The number of ether oxygens (including phenoxy) is 1. The van der Waals surface area contributed by atoms with Crippen LogP contribution in [0, 0.1) is 22.2 Å². The van der Waals surface area contributed by atoms with Gasteiger partial charge in [-0.3, -0.25) is 5.41 Å². The molecule has 5 heteroatoms. The standard InChI is InChI=1S/C14H16N4O.C2H6/c15-10-14(6-8-19-9-7-14)13(17)18-12(16)11-4-2-1-3-5-11;1-2/h1-5H,6-9H2,(H3,16,17,18);1-2H3. The summed E-state index contributed by atoms with van der Waals surface area (Å²) in [6, 6.07) is 11.4. The van der Waals surface area contributed by atoms with Crippen molar-refractivity contribution >= 4 is 11.7 Å². The number of benzene rings is 1. The minimum atomic E-state index is -0.792. The summed E-state index contributed by atoms with van der Waals surface area (Å²) in [7, 11) is 0. The van der Waals surface area contributed by atoms with E-state index in [0.717, 1.165) is 0 Å². The number of aliphatic imine (C=N–C) groups is 1. The molecule has 1 aliphatic rings. The number of hydrogen-bond acceptors (Lipinski definition) is 3. The Kier molecular flexibility index (Phi) is 6.57. The van der Waals surface area contributed by atoms with Crippen molar-refractivity contribution in [2.75, 3.05) is 13.2 Å². The number of hydrogen-bond donors (Lipinski definition) is 2. The van der Waals surface area contributed by atoms with Gasteiger partial charge >= 0.3 is 0 Å². The van der Waals surface area contributed by atoms with Crippen molar-refractivity contribution in [2.24, 2.45) is 16.1 Å². The van der Waals surface area contributed by atoms with E-state index in [2.05, 4.69) is 11.1 Å². The van der Waals surface area contributed by atoms with E-state index in [9.17, 15) is 5.26 Å². The second-order valence-corrected chi connectivity index (χ2v) is 4.52. The number of amidine groups is 2. The molecule has 1 saturated heterocycles. The molecule has 3 N–H and O–H groups in total. The van der Waals surface area contributed by atoms with Crippen LogP contribution in [0.15, 0.2) is 35.3 Å². The van der Waals surface area contributed by atoms with Gasteiger partial charge in [0.25, 0.3) is 0 Å². The van der Waals surface area contributed by atoms with Gasteiger partial charge in [-0.15, -0.1) is 0 Å². The molecule has 5 nitrogen and oxygen atoms in total. The smallest absolute Gasteiger partial charge is 0.153 e. The predicted molar refractivity (Wildman–Crippen MR) is 84.3 cm³/mol. The molecule has 0 bridgehead atoms. The van der Waals surface area contributed by atoms with E-state index < -0.39 is 5.41 Å². The van der Waals surface area contributed by atoms with Gasteiger partial charge in [0.15, 0.2) is 5.84 Å². The van der Waals surface area contributed by atoms with Crippen LogP contribution in [0.3, 0.4) is 0 Å². The van der Waals surface area contributed by atoms with Gasteiger partial charge in [-0.25, -0.2) is 4.99 Å². The van der Waals surface area contributed by atoms with Gasteiger partial charge in [0.2, 0.25) is 0 Å². The molecule has 0 spiro atoms. The topological polar surface area (TPSA) is 95.3 Å². The number of nitrogens with zero attached hydrogens (tertiary/aromatic N) is 2. The largest absolute Gasteiger partial charge is 0.386 e. The van der Waals surface area contributed by atoms with Crippen molar-refractivity contribution in [3.05, 3.63) is 35.9 Å². The van der Waals surface area contributed by atoms with E-state index in [1.165, 1.54) is 0 Å². The van der Waals surface area contributed by atoms with Gasteiger partial charge < -0.3 is 10.5 Å². The van der Waals surface area contributed by atoms with Gasteiger partial charge in [-0.1, -0.05) is 44.2 Å². The fourth-order valence-electron chi connectivity index (χ4n) is 2.03. The highest BCUT2D eigenvalue weighted by atomic mass is 16.5. The highest BCUT2D eigenvalue weighted by Crippen LogP contribution is 2.30. The summed E-state index contributed by atoms with van der Waals surface area (Å²) in [6.07, 6.45) is 1.06. The number of nitrogens with one attached hydrogen (secondary N) is 1. The second-order valence-electron chi connectivity index (χ2n) is 4.52. The predicted octanol–water partition coefficient (Wildman–Crippen LogP) is 2.72. The maximum atomic E-state index is 9.36. The lowest BCUT2D eigenvalue weighted by Crippen LogP contribution is -2.41. The summed E-state index contributed by atoms with van der Waals surface area (Å²) in [5.74, 6) is 0.298. The lowest BCUT2D eigenvalue weighted by atomic mass is 9.80. The first-order valence-electron chi connectivity index (χ1n) is 7.15. The molecular weight excluding hydrogens is 264 g/mol. The molecule has 1 aromatic carbocycles. The lowest BCUT2D eigenvalue weighted by Gasteiger charge is -2.29. The van der Waals surface area contributed by atoms with E-state index in [1.807, 2.05) is 32.0 Å². The Bertz CT molecular complexity index is 525. The molecule has 0 aliphatic carbocycles. The van der Waals surface area contributed by atoms with Crippen LogP contribution in [0.5, 0.6) is 0 Å². The molecular formula is C16H22N4O. The Balaban J connectivity index is 0.00000106. The van der Waals surface area contributed by atoms with E-state index >= 15 is 0 Å². The number of nitriles is 1. The maximum Gasteiger partial charge on any atom is 0.153 e. The SMILES string of the molecule is CC.N#CC1(C(N)=NC(=N)c2ccccc2)CCOCC1. The highest BCUT2D eigenvalue weighted by molar-refractivity contribution is 6.06. The van der Waals surface area contributed by atoms with Crippen LogP contribution in [0.2, 0.25) is 0 Å². The summed E-state index contributed by atoms with van der Waals surface area (Å²) in [5, 5.41) is 17.3. The molecule has 1 fully saturated rings. The molecule has 21 heavy (non-hydrogen) atoms. The van der Waals surface area contributed by atoms with Crippen LogP contribution in [0.25, 0.3) is 0 Å². The van der Waals surface area contributed by atoms with Crippen LogP contribution >= 0.6 is 0 Å². The van der Waals surface area contributed by atoms with Crippen LogP contribution in [-0.2, 0) is 4.74 Å². The van der Waals surface area contributed by atoms with Gasteiger partial charge in [-0.05, 0) is 12.8 Å². The summed E-state index contributed by atoms with van der Waals surface area (Å²) in [5.41, 5.74) is 5.86. The van der Waals surface area contributed by atoms with Gasteiger partial charge in [0.05, 0.1) is 6.07 Å². The molecule has 0 atom stereocenters. The lowest BCUT2D eigenvalue weighted by molar-refractivity contribution is 0.0639. The van der Waals surface area contributed by atoms with Crippen LogP contribution in [-0.4, -0.2) is 24.9 Å². The quantitative estimate of drug-likeness (QED) is 0.646. The third kappa shape index (κ3) is 4.14. The zero-order valence-corrected chi connectivity index (χ0v) is 12.6. The van der Waals surface area contributed by atoms with Crippen molar-refractivity contribution in [1.29, 1.82) is 10.7 Å². The van der Waals surface area contributed by atoms with Crippen molar-refractivity contribution < 1.29 is 4.74 Å². The Morgan fingerprint density at radius 3 is 2.38 bits per heavy atom. The van der Waals surface area contributed by atoms with Crippen molar-refractivity contribution in [3.8, 4) is 6.07 Å². The van der Waals surface area contributed by atoms with Gasteiger partial charge in [-0.2, -0.15) is 5.26 Å². The van der Waals surface area contributed by atoms with Crippen molar-refractivity contribution in [1.82, 2.24) is 0 Å². The second kappa shape index (κ2) is 8.18. The Morgan fingerprint density at radius 2 is 1.86 bits per heavy atom. The zero-order valence-electron chi connectivity index (χ0n) is 12.6. The van der Waals surface area contributed by atoms with Crippen LogP contribution in [0.4, 0.5) is 0 Å². The monoisotopic (exact) mass is 286 g/mol. The normalized spacial score (nSPS) is 17.1. The Labute approximate surface area is 126 Å². The van der Waals surface area contributed by atoms with Crippen molar-refractivity contribution in [3.63, 3.8) is 0 Å². The van der Waals surface area contributed by atoms with E-state index in [4.69, 9.17) is 15.9 Å². The minimum absolute atomic E-state index is 0.0826. The molecule has 0 saturated carbocycles. The molecule has 0 unspecified atom stereocenters. The van der Waals surface area contributed by atoms with E-state index in [1.54, 1.807) is 12.1 Å². The number of rotatable bonds is 2. The fraction of sp³-hybridized carbons (Fsp3) is 0.438. The minimum Gasteiger partial charge on any atom is -0.386 e. The number of nitrogens with two attached hydrogens (primary N) is 1.